The fraction of sp³-hybridized carbons (Fsp3) is 0.500. The number of hydrogen-bond donors (Lipinski definition) is 0. The van der Waals surface area contributed by atoms with Crippen molar-refractivity contribution < 1.29 is 13.8 Å². The second-order valence-electron chi connectivity index (χ2n) is 0.945. The molecule has 0 radical (unpaired) electrons. The van der Waals surface area contributed by atoms with Crippen LogP contribution in [0.25, 0.3) is 0 Å². The van der Waals surface area contributed by atoms with Crippen LogP contribution in [0.2, 0.25) is 0 Å². The molecule has 4 heteroatoms. The highest BCUT2D eigenvalue weighted by molar-refractivity contribution is 7.17. The smallest absolute Gasteiger partial charge is 0.327 e. The lowest BCUT2D eigenvalue weighted by molar-refractivity contribution is 0.188. The molecule has 8 heavy (non-hydrogen) atoms. The predicted octanol–water partition coefficient (Wildman–Crippen LogP) is 1.37. The van der Waals surface area contributed by atoms with Crippen molar-refractivity contribution in [3.8, 4) is 0 Å². The SMILES string of the molecule is C=COCCOP=O. The fourth-order valence-electron chi connectivity index (χ4n) is 0.206. The summed E-state index contributed by atoms with van der Waals surface area (Å²) in [6.45, 7) is 4.03. The molecule has 0 rings (SSSR count). The fourth-order valence-corrected chi connectivity index (χ4v) is 0.355. The molecule has 0 saturated carbocycles. The Morgan fingerprint density at radius 3 is 2.88 bits per heavy atom. The Kier molecular flexibility index (Phi) is 6.27. The van der Waals surface area contributed by atoms with E-state index in [0.29, 0.717) is 13.2 Å². The van der Waals surface area contributed by atoms with E-state index >= 15 is 0 Å². The molecule has 0 aromatic carbocycles. The Labute approximate surface area is 49.6 Å². The summed E-state index contributed by atoms with van der Waals surface area (Å²) in [6.07, 6.45) is 1.31. The summed E-state index contributed by atoms with van der Waals surface area (Å²) in [4.78, 5) is 0. The van der Waals surface area contributed by atoms with Gasteiger partial charge in [0.2, 0.25) is 0 Å². The summed E-state index contributed by atoms with van der Waals surface area (Å²) in [5.74, 6) is 0. The van der Waals surface area contributed by atoms with E-state index in [-0.39, 0.29) is 8.69 Å². The Morgan fingerprint density at radius 1 is 1.62 bits per heavy atom. The molecule has 0 unspecified atom stereocenters. The van der Waals surface area contributed by atoms with Crippen LogP contribution in [-0.2, 0) is 13.8 Å². The molecule has 0 heterocycles. The van der Waals surface area contributed by atoms with E-state index in [1.54, 1.807) is 0 Å². The maximum absolute atomic E-state index is 9.56. The molecule has 46 valence electrons. The Balaban J connectivity index is 2.71. The summed E-state index contributed by atoms with van der Waals surface area (Å²) < 4.78 is 18.6. The van der Waals surface area contributed by atoms with Crippen molar-refractivity contribution in [2.45, 2.75) is 0 Å². The van der Waals surface area contributed by atoms with Crippen LogP contribution in [0, 0.1) is 0 Å². The second kappa shape index (κ2) is 6.60. The summed E-state index contributed by atoms with van der Waals surface area (Å²) >= 11 is 0. The molecule has 0 spiro atoms. The van der Waals surface area contributed by atoms with Crippen molar-refractivity contribution >= 4 is 8.69 Å². The van der Waals surface area contributed by atoms with Crippen molar-refractivity contribution in [2.24, 2.45) is 0 Å². The molecule has 0 bridgehead atoms. The van der Waals surface area contributed by atoms with Crippen LogP contribution in [-0.4, -0.2) is 13.2 Å². The Morgan fingerprint density at radius 2 is 2.38 bits per heavy atom. The van der Waals surface area contributed by atoms with E-state index in [1.807, 2.05) is 0 Å². The third-order valence-electron chi connectivity index (χ3n) is 0.463. The minimum Gasteiger partial charge on any atom is -0.499 e. The molecule has 0 atom stereocenters. The van der Waals surface area contributed by atoms with Crippen molar-refractivity contribution in [1.29, 1.82) is 0 Å². The molecule has 0 aromatic heterocycles. The first-order valence-electron chi connectivity index (χ1n) is 2.09. The van der Waals surface area contributed by atoms with Gasteiger partial charge in [0.25, 0.3) is 0 Å². The van der Waals surface area contributed by atoms with E-state index in [4.69, 9.17) is 0 Å². The van der Waals surface area contributed by atoms with Gasteiger partial charge in [-0.2, -0.15) is 0 Å². The first kappa shape index (κ1) is 7.60. The third kappa shape index (κ3) is 5.60. The zero-order chi connectivity index (χ0) is 6.24. The van der Waals surface area contributed by atoms with E-state index in [9.17, 15) is 4.57 Å². The molecule has 0 aliphatic rings. The van der Waals surface area contributed by atoms with Crippen molar-refractivity contribution in [3.63, 3.8) is 0 Å². The first-order chi connectivity index (χ1) is 3.91. The van der Waals surface area contributed by atoms with Gasteiger partial charge in [-0.1, -0.05) is 6.58 Å². The van der Waals surface area contributed by atoms with Crippen molar-refractivity contribution in [3.05, 3.63) is 12.8 Å². The average Bonchev–Trinajstić information content (AvgIpc) is 1.81. The summed E-state index contributed by atoms with van der Waals surface area (Å²) in [5, 5.41) is 0. The minimum atomic E-state index is -0.304. The van der Waals surface area contributed by atoms with Gasteiger partial charge in [-0.25, -0.2) is 4.57 Å². The van der Waals surface area contributed by atoms with Crippen LogP contribution in [0.3, 0.4) is 0 Å². The van der Waals surface area contributed by atoms with Gasteiger partial charge in [0.05, 0.1) is 12.9 Å². The summed E-state index contributed by atoms with van der Waals surface area (Å²) in [6, 6.07) is 0. The monoisotopic (exact) mass is 134 g/mol. The number of hydrogen-bond acceptors (Lipinski definition) is 3. The molecule has 0 aliphatic heterocycles. The van der Waals surface area contributed by atoms with Gasteiger partial charge < -0.3 is 4.74 Å². The summed E-state index contributed by atoms with van der Waals surface area (Å²) in [7, 11) is -0.304. The van der Waals surface area contributed by atoms with Crippen LogP contribution < -0.4 is 0 Å². The number of ether oxygens (including phenoxy) is 1. The molecule has 0 saturated heterocycles. The maximum Gasteiger partial charge on any atom is 0.327 e. The third-order valence-corrected chi connectivity index (χ3v) is 0.751. The molecule has 3 nitrogen and oxygen atoms in total. The van der Waals surface area contributed by atoms with Gasteiger partial charge in [-0.15, -0.1) is 0 Å². The van der Waals surface area contributed by atoms with Gasteiger partial charge >= 0.3 is 8.69 Å². The van der Waals surface area contributed by atoms with Crippen LogP contribution in [0.4, 0.5) is 0 Å². The topological polar surface area (TPSA) is 35.5 Å². The molecule has 0 amide bonds. The molecule has 0 aromatic rings. The van der Waals surface area contributed by atoms with Gasteiger partial charge in [0.1, 0.15) is 6.61 Å². The minimum absolute atomic E-state index is 0.304. The largest absolute Gasteiger partial charge is 0.499 e. The lowest BCUT2D eigenvalue weighted by atomic mass is 10.8. The Bertz CT molecular complexity index is 63.7. The van der Waals surface area contributed by atoms with E-state index in [0.717, 1.165) is 0 Å². The lowest BCUT2D eigenvalue weighted by Crippen LogP contribution is -1.93. The highest BCUT2D eigenvalue weighted by Gasteiger charge is 1.81. The quantitative estimate of drug-likeness (QED) is 0.323. The van der Waals surface area contributed by atoms with E-state index in [1.165, 1.54) is 6.26 Å². The predicted molar refractivity (Wildman–Crippen MR) is 29.7 cm³/mol. The van der Waals surface area contributed by atoms with Crippen LogP contribution in [0.15, 0.2) is 12.8 Å². The first-order valence-corrected chi connectivity index (χ1v) is 2.82. The van der Waals surface area contributed by atoms with Crippen LogP contribution in [0.1, 0.15) is 0 Å². The van der Waals surface area contributed by atoms with Gasteiger partial charge in [0, 0.05) is 0 Å². The van der Waals surface area contributed by atoms with Crippen molar-refractivity contribution in [2.75, 3.05) is 13.2 Å². The zero-order valence-electron chi connectivity index (χ0n) is 4.37. The van der Waals surface area contributed by atoms with Crippen LogP contribution in [0.5, 0.6) is 0 Å². The molecule has 0 fully saturated rings. The highest BCUT2D eigenvalue weighted by atomic mass is 31.1. The molecular weight excluding hydrogens is 127 g/mol. The maximum atomic E-state index is 9.56. The Hall–Kier alpha value is -0.400. The molecule has 0 N–H and O–H groups in total. The lowest BCUT2D eigenvalue weighted by Gasteiger charge is -1.93. The second-order valence-corrected chi connectivity index (χ2v) is 1.35. The van der Waals surface area contributed by atoms with Crippen LogP contribution >= 0.6 is 8.69 Å². The molecule has 0 aliphatic carbocycles. The average molecular weight is 134 g/mol. The van der Waals surface area contributed by atoms with E-state index < -0.39 is 0 Å². The van der Waals surface area contributed by atoms with Gasteiger partial charge in [-0.05, 0) is 0 Å². The normalized spacial score (nSPS) is 9.00. The zero-order valence-corrected chi connectivity index (χ0v) is 5.27. The highest BCUT2D eigenvalue weighted by Crippen LogP contribution is 1.91. The van der Waals surface area contributed by atoms with Gasteiger partial charge in [0.15, 0.2) is 0 Å². The van der Waals surface area contributed by atoms with Gasteiger partial charge in [-0.3, -0.25) is 4.52 Å². The van der Waals surface area contributed by atoms with E-state index in [2.05, 4.69) is 15.8 Å². The summed E-state index contributed by atoms with van der Waals surface area (Å²) in [5.41, 5.74) is 0. The molecular formula is C4H7O3P. The van der Waals surface area contributed by atoms with Crippen molar-refractivity contribution in [1.82, 2.24) is 0 Å². The number of rotatable bonds is 5. The standard InChI is InChI=1S/C4H7O3P/c1-2-6-3-4-7-8-5/h2H,1,3-4H2.